The van der Waals surface area contributed by atoms with Gasteiger partial charge in [0.25, 0.3) is 5.88 Å². The summed E-state index contributed by atoms with van der Waals surface area (Å²) in [6.07, 6.45) is 8.27. The van der Waals surface area contributed by atoms with Crippen LogP contribution in [0.4, 0.5) is 0 Å². The van der Waals surface area contributed by atoms with Crippen molar-refractivity contribution < 1.29 is 18.8 Å². The summed E-state index contributed by atoms with van der Waals surface area (Å²) < 4.78 is 15.5. The number of hydrogen-bond acceptors (Lipinski definition) is 6. The number of ether oxygens (including phenoxy) is 2. The second kappa shape index (κ2) is 10.8. The van der Waals surface area contributed by atoms with E-state index in [9.17, 15) is 4.79 Å². The third kappa shape index (κ3) is 5.70. The summed E-state index contributed by atoms with van der Waals surface area (Å²) in [5, 5.41) is 3.81. The zero-order valence-corrected chi connectivity index (χ0v) is 17.4. The van der Waals surface area contributed by atoms with Crippen LogP contribution in [0.3, 0.4) is 0 Å². The standard InChI is InChI=1S/C21H35N3O4/c1-26-14-6-13-24(21(25)10-9-18-15-20(27-2)22-28-18)16-17-7-5-12-23-11-4-3-8-19(17)23/h15,17,19H,3-14,16H2,1-2H3/t17-,19-/m0/s1. The number of piperidine rings is 2. The fourth-order valence-corrected chi connectivity index (χ4v) is 4.69. The minimum absolute atomic E-state index is 0.194. The highest BCUT2D eigenvalue weighted by molar-refractivity contribution is 5.76. The SMILES string of the molecule is COCCCN(C[C@@H]1CCCN2CCCC[C@@H]12)C(=O)CCc1cc(OC)no1. The third-order valence-corrected chi connectivity index (χ3v) is 6.14. The number of rotatable bonds is 10. The molecule has 2 aliphatic rings. The van der Waals surface area contributed by atoms with E-state index in [1.165, 1.54) is 45.2 Å². The van der Waals surface area contributed by atoms with Gasteiger partial charge in [0.05, 0.1) is 7.11 Å². The highest BCUT2D eigenvalue weighted by Crippen LogP contribution is 2.31. The molecule has 1 amide bonds. The summed E-state index contributed by atoms with van der Waals surface area (Å²) >= 11 is 0. The van der Waals surface area contributed by atoms with E-state index < -0.39 is 0 Å². The van der Waals surface area contributed by atoms with Crippen LogP contribution in [0.2, 0.25) is 0 Å². The van der Waals surface area contributed by atoms with Gasteiger partial charge in [-0.2, -0.15) is 0 Å². The van der Waals surface area contributed by atoms with Crippen molar-refractivity contribution in [3.63, 3.8) is 0 Å². The van der Waals surface area contributed by atoms with Crippen molar-refractivity contribution in [2.75, 3.05) is 47.0 Å². The van der Waals surface area contributed by atoms with Crippen molar-refractivity contribution in [2.24, 2.45) is 5.92 Å². The number of carbonyl (C=O) groups excluding carboxylic acids is 1. The quantitative estimate of drug-likeness (QED) is 0.570. The highest BCUT2D eigenvalue weighted by atomic mass is 16.5. The van der Waals surface area contributed by atoms with Crippen molar-refractivity contribution in [1.82, 2.24) is 15.0 Å². The van der Waals surface area contributed by atoms with Crippen LogP contribution in [0.5, 0.6) is 5.88 Å². The Bertz CT molecular complexity index is 604. The predicted octanol–water partition coefficient (Wildman–Crippen LogP) is 2.75. The van der Waals surface area contributed by atoms with Gasteiger partial charge in [-0.05, 0) is 56.3 Å². The van der Waals surface area contributed by atoms with Crippen LogP contribution in [-0.4, -0.2) is 73.9 Å². The molecule has 0 bridgehead atoms. The van der Waals surface area contributed by atoms with Gasteiger partial charge in [-0.3, -0.25) is 4.79 Å². The van der Waals surface area contributed by atoms with E-state index >= 15 is 0 Å². The first kappa shape index (κ1) is 21.1. The van der Waals surface area contributed by atoms with E-state index in [0.29, 0.717) is 43.0 Å². The first-order valence-electron chi connectivity index (χ1n) is 10.7. The molecular weight excluding hydrogens is 358 g/mol. The zero-order chi connectivity index (χ0) is 19.8. The molecule has 0 spiro atoms. The maximum atomic E-state index is 13.0. The molecule has 1 aromatic rings. The van der Waals surface area contributed by atoms with Gasteiger partial charge >= 0.3 is 0 Å². The molecule has 158 valence electrons. The molecule has 2 atom stereocenters. The van der Waals surface area contributed by atoms with Crippen LogP contribution in [0.15, 0.2) is 10.6 Å². The van der Waals surface area contributed by atoms with Gasteiger partial charge in [0.2, 0.25) is 5.91 Å². The normalized spacial score (nSPS) is 22.6. The summed E-state index contributed by atoms with van der Waals surface area (Å²) in [5.41, 5.74) is 0. The molecule has 0 unspecified atom stereocenters. The zero-order valence-electron chi connectivity index (χ0n) is 17.4. The average Bonchev–Trinajstić information content (AvgIpc) is 3.20. The maximum absolute atomic E-state index is 13.0. The van der Waals surface area contributed by atoms with E-state index in [1.54, 1.807) is 20.3 Å². The molecule has 7 nitrogen and oxygen atoms in total. The van der Waals surface area contributed by atoms with Gasteiger partial charge in [0.15, 0.2) is 0 Å². The first-order chi connectivity index (χ1) is 13.7. The first-order valence-corrected chi connectivity index (χ1v) is 10.7. The van der Waals surface area contributed by atoms with Gasteiger partial charge in [-0.15, -0.1) is 0 Å². The summed E-state index contributed by atoms with van der Waals surface area (Å²) in [4.78, 5) is 17.7. The molecule has 0 aromatic carbocycles. The predicted molar refractivity (Wildman–Crippen MR) is 106 cm³/mol. The summed E-state index contributed by atoms with van der Waals surface area (Å²) in [5.74, 6) is 1.93. The lowest BCUT2D eigenvalue weighted by molar-refractivity contribution is -0.132. The van der Waals surface area contributed by atoms with Crippen molar-refractivity contribution in [2.45, 2.75) is 57.4 Å². The molecule has 7 heteroatoms. The molecule has 3 heterocycles. The monoisotopic (exact) mass is 393 g/mol. The lowest BCUT2D eigenvalue weighted by Gasteiger charge is -2.45. The van der Waals surface area contributed by atoms with E-state index in [0.717, 1.165) is 19.5 Å². The van der Waals surface area contributed by atoms with Crippen molar-refractivity contribution in [3.8, 4) is 5.88 Å². The molecule has 2 saturated heterocycles. The smallest absolute Gasteiger partial charge is 0.254 e. The van der Waals surface area contributed by atoms with Crippen molar-refractivity contribution in [3.05, 3.63) is 11.8 Å². The number of aryl methyl sites for hydroxylation is 1. The molecule has 28 heavy (non-hydrogen) atoms. The van der Waals surface area contributed by atoms with E-state index in [-0.39, 0.29) is 5.91 Å². The number of hydrogen-bond donors (Lipinski definition) is 0. The van der Waals surface area contributed by atoms with Crippen LogP contribution >= 0.6 is 0 Å². The van der Waals surface area contributed by atoms with Gasteiger partial charge in [-0.1, -0.05) is 6.42 Å². The number of methoxy groups -OCH3 is 2. The van der Waals surface area contributed by atoms with Gasteiger partial charge in [0.1, 0.15) is 5.76 Å². The van der Waals surface area contributed by atoms with Gasteiger partial charge in [0, 0.05) is 51.8 Å². The fraction of sp³-hybridized carbons (Fsp3) is 0.810. The summed E-state index contributed by atoms with van der Waals surface area (Å²) in [7, 11) is 3.27. The Labute approximate surface area is 168 Å². The molecule has 0 saturated carbocycles. The second-order valence-corrected chi connectivity index (χ2v) is 8.02. The van der Waals surface area contributed by atoms with Gasteiger partial charge in [-0.25, -0.2) is 0 Å². The average molecular weight is 394 g/mol. The van der Waals surface area contributed by atoms with E-state index in [4.69, 9.17) is 14.0 Å². The topological polar surface area (TPSA) is 68.0 Å². The largest absolute Gasteiger partial charge is 0.479 e. The molecule has 0 aliphatic carbocycles. The Hall–Kier alpha value is -1.60. The maximum Gasteiger partial charge on any atom is 0.254 e. The fourth-order valence-electron chi connectivity index (χ4n) is 4.69. The van der Waals surface area contributed by atoms with E-state index in [1.807, 2.05) is 0 Å². The molecule has 0 N–H and O–H groups in total. The molecular formula is C21H35N3O4. The summed E-state index contributed by atoms with van der Waals surface area (Å²) in [6, 6.07) is 2.41. The summed E-state index contributed by atoms with van der Waals surface area (Å²) in [6.45, 7) is 4.76. The molecule has 1 aromatic heterocycles. The molecule has 3 rings (SSSR count). The number of fused-ring (bicyclic) bond motifs is 1. The van der Waals surface area contributed by atoms with Crippen LogP contribution in [0.1, 0.15) is 50.7 Å². The number of aromatic nitrogens is 1. The number of amides is 1. The molecule has 2 fully saturated rings. The number of carbonyl (C=O) groups is 1. The Balaban J connectivity index is 1.57. The van der Waals surface area contributed by atoms with Crippen LogP contribution in [0, 0.1) is 5.92 Å². The van der Waals surface area contributed by atoms with E-state index in [2.05, 4.69) is 15.0 Å². The Kier molecular flexibility index (Phi) is 8.15. The highest BCUT2D eigenvalue weighted by Gasteiger charge is 2.34. The van der Waals surface area contributed by atoms with Crippen LogP contribution < -0.4 is 4.74 Å². The Morgan fingerprint density at radius 3 is 2.93 bits per heavy atom. The van der Waals surface area contributed by atoms with Gasteiger partial charge < -0.3 is 23.8 Å². The lowest BCUT2D eigenvalue weighted by atomic mass is 9.83. The van der Waals surface area contributed by atoms with Crippen LogP contribution in [0.25, 0.3) is 0 Å². The Morgan fingerprint density at radius 1 is 1.29 bits per heavy atom. The lowest BCUT2D eigenvalue weighted by Crippen LogP contribution is -2.51. The van der Waals surface area contributed by atoms with Crippen LogP contribution in [-0.2, 0) is 16.0 Å². The second-order valence-electron chi connectivity index (χ2n) is 8.02. The third-order valence-electron chi connectivity index (χ3n) is 6.14. The van der Waals surface area contributed by atoms with Crippen molar-refractivity contribution >= 4 is 5.91 Å². The van der Waals surface area contributed by atoms with Crippen molar-refractivity contribution in [1.29, 1.82) is 0 Å². The number of nitrogens with zero attached hydrogens (tertiary/aromatic N) is 3. The Morgan fingerprint density at radius 2 is 2.14 bits per heavy atom. The minimum atomic E-state index is 0.194. The molecule has 0 radical (unpaired) electrons. The minimum Gasteiger partial charge on any atom is -0.479 e. The molecule has 2 aliphatic heterocycles.